The van der Waals surface area contributed by atoms with E-state index >= 15 is 0 Å². The van der Waals surface area contributed by atoms with Gasteiger partial charge in [0.25, 0.3) is 0 Å². The molecule has 0 amide bonds. The predicted octanol–water partition coefficient (Wildman–Crippen LogP) is 3.87. The first kappa shape index (κ1) is 16.5. The Bertz CT molecular complexity index is 561. The van der Waals surface area contributed by atoms with Crippen molar-refractivity contribution >= 4 is 10.0 Å². The summed E-state index contributed by atoms with van der Waals surface area (Å²) < 4.78 is 22.4. The third-order valence-electron chi connectivity index (χ3n) is 4.65. The van der Waals surface area contributed by atoms with Gasteiger partial charge in [-0.05, 0) is 61.1 Å². The van der Waals surface area contributed by atoms with Crippen molar-refractivity contribution in [2.24, 2.45) is 16.5 Å². The molecule has 1 fully saturated rings. The molecule has 0 aromatic heterocycles. The number of primary sulfonamides is 1. The highest BCUT2D eigenvalue weighted by Crippen LogP contribution is 2.42. The predicted molar refractivity (Wildman–Crippen MR) is 86.5 cm³/mol. The first-order valence-electron chi connectivity index (χ1n) is 7.88. The van der Waals surface area contributed by atoms with Crippen molar-refractivity contribution < 1.29 is 8.42 Å². The summed E-state index contributed by atoms with van der Waals surface area (Å²) >= 11 is 0. The quantitative estimate of drug-likeness (QED) is 0.811. The summed E-state index contributed by atoms with van der Waals surface area (Å²) in [6.45, 7) is 4.75. The third kappa shape index (κ3) is 5.11. The Morgan fingerprint density at radius 1 is 1.19 bits per heavy atom. The molecule has 0 saturated heterocycles. The van der Waals surface area contributed by atoms with Crippen LogP contribution in [0.3, 0.4) is 0 Å². The van der Waals surface area contributed by atoms with Crippen LogP contribution in [0.15, 0.2) is 29.2 Å². The van der Waals surface area contributed by atoms with Gasteiger partial charge in [0.15, 0.2) is 0 Å². The van der Waals surface area contributed by atoms with Gasteiger partial charge in [-0.15, -0.1) is 0 Å². The number of aryl methyl sites for hydroxylation is 1. The molecule has 0 bridgehead atoms. The Hall–Kier alpha value is -0.870. The molecule has 1 atom stereocenters. The van der Waals surface area contributed by atoms with Crippen LogP contribution < -0.4 is 5.14 Å². The topological polar surface area (TPSA) is 60.2 Å². The summed E-state index contributed by atoms with van der Waals surface area (Å²) in [7, 11) is -3.57. The maximum absolute atomic E-state index is 11.2. The minimum Gasteiger partial charge on any atom is -0.225 e. The number of benzene rings is 1. The smallest absolute Gasteiger partial charge is 0.225 e. The Labute approximate surface area is 129 Å². The largest absolute Gasteiger partial charge is 0.238 e. The molecule has 0 radical (unpaired) electrons. The van der Waals surface area contributed by atoms with Gasteiger partial charge in [0, 0.05) is 0 Å². The standard InChI is InChI=1S/C17H27NO2S/c1-17(2)12-11-15(13-17)6-4-3-5-14-7-9-16(10-8-14)21(18,19)20/h7-10,15H,3-6,11-13H2,1-2H3,(H2,18,19,20). The highest BCUT2D eigenvalue weighted by molar-refractivity contribution is 7.89. The average Bonchev–Trinajstić information content (AvgIpc) is 2.74. The summed E-state index contributed by atoms with van der Waals surface area (Å²) in [6.07, 6.45) is 8.90. The lowest BCUT2D eigenvalue weighted by molar-refractivity contribution is 0.350. The molecule has 1 aliphatic rings. The van der Waals surface area contributed by atoms with E-state index in [0.29, 0.717) is 5.41 Å². The molecule has 0 spiro atoms. The molecule has 2 rings (SSSR count). The molecule has 2 N–H and O–H groups in total. The van der Waals surface area contributed by atoms with Crippen molar-refractivity contribution in [3.05, 3.63) is 29.8 Å². The third-order valence-corrected chi connectivity index (χ3v) is 5.58. The Balaban J connectivity index is 1.72. The number of hydrogen-bond donors (Lipinski definition) is 1. The van der Waals surface area contributed by atoms with Gasteiger partial charge in [-0.25, -0.2) is 13.6 Å². The van der Waals surface area contributed by atoms with Crippen LogP contribution in [0.1, 0.15) is 57.9 Å². The molecule has 1 aromatic rings. The van der Waals surface area contributed by atoms with E-state index in [4.69, 9.17) is 5.14 Å². The lowest BCUT2D eigenvalue weighted by atomic mass is 9.89. The maximum Gasteiger partial charge on any atom is 0.238 e. The highest BCUT2D eigenvalue weighted by atomic mass is 32.2. The monoisotopic (exact) mass is 309 g/mol. The second-order valence-corrected chi connectivity index (χ2v) is 8.77. The molecule has 21 heavy (non-hydrogen) atoms. The van der Waals surface area contributed by atoms with Crippen molar-refractivity contribution in [1.82, 2.24) is 0 Å². The SMILES string of the molecule is CC1(C)CCC(CCCCc2ccc(S(N)(=O)=O)cc2)C1. The second kappa shape index (κ2) is 6.49. The lowest BCUT2D eigenvalue weighted by Crippen LogP contribution is -2.11. The van der Waals surface area contributed by atoms with Gasteiger partial charge >= 0.3 is 0 Å². The molecule has 1 aromatic carbocycles. The summed E-state index contributed by atoms with van der Waals surface area (Å²) in [6, 6.07) is 6.95. The van der Waals surface area contributed by atoms with Crippen molar-refractivity contribution in [2.75, 3.05) is 0 Å². The summed E-state index contributed by atoms with van der Waals surface area (Å²) in [5, 5.41) is 5.09. The summed E-state index contributed by atoms with van der Waals surface area (Å²) in [4.78, 5) is 0.194. The molecule has 4 heteroatoms. The van der Waals surface area contributed by atoms with Gasteiger partial charge in [-0.1, -0.05) is 38.8 Å². The highest BCUT2D eigenvalue weighted by Gasteiger charge is 2.30. The van der Waals surface area contributed by atoms with Crippen LogP contribution in [-0.4, -0.2) is 8.42 Å². The number of rotatable bonds is 6. The summed E-state index contributed by atoms with van der Waals surface area (Å²) in [5.41, 5.74) is 1.74. The molecule has 118 valence electrons. The molecular formula is C17H27NO2S. The van der Waals surface area contributed by atoms with Crippen LogP contribution in [0.4, 0.5) is 0 Å². The fraction of sp³-hybridized carbons (Fsp3) is 0.647. The Kier molecular flexibility index (Phi) is 5.10. The summed E-state index contributed by atoms with van der Waals surface area (Å²) in [5.74, 6) is 0.907. The number of nitrogens with two attached hydrogens (primary N) is 1. The van der Waals surface area contributed by atoms with Crippen LogP contribution >= 0.6 is 0 Å². The van der Waals surface area contributed by atoms with Crippen molar-refractivity contribution in [2.45, 2.75) is 63.7 Å². The lowest BCUT2D eigenvalue weighted by Gasteiger charge is -2.17. The fourth-order valence-electron chi connectivity index (χ4n) is 3.43. The molecule has 0 aliphatic heterocycles. The van der Waals surface area contributed by atoms with Gasteiger partial charge in [0.05, 0.1) is 4.90 Å². The van der Waals surface area contributed by atoms with Crippen LogP contribution in [0, 0.1) is 11.3 Å². The van der Waals surface area contributed by atoms with E-state index in [9.17, 15) is 8.42 Å². The Morgan fingerprint density at radius 3 is 2.38 bits per heavy atom. The van der Waals surface area contributed by atoms with E-state index in [1.807, 2.05) is 12.1 Å². The van der Waals surface area contributed by atoms with Gasteiger partial charge in [-0.2, -0.15) is 0 Å². The van der Waals surface area contributed by atoms with Crippen LogP contribution in [0.2, 0.25) is 0 Å². The molecule has 1 saturated carbocycles. The van der Waals surface area contributed by atoms with E-state index in [1.165, 1.54) is 44.1 Å². The van der Waals surface area contributed by atoms with E-state index in [1.54, 1.807) is 12.1 Å². The zero-order valence-electron chi connectivity index (χ0n) is 13.1. The second-order valence-electron chi connectivity index (χ2n) is 7.21. The van der Waals surface area contributed by atoms with Gasteiger partial charge in [-0.3, -0.25) is 0 Å². The normalized spacial score (nSPS) is 21.6. The van der Waals surface area contributed by atoms with Crippen LogP contribution in [0.5, 0.6) is 0 Å². The first-order valence-corrected chi connectivity index (χ1v) is 9.43. The van der Waals surface area contributed by atoms with Crippen molar-refractivity contribution in [1.29, 1.82) is 0 Å². The zero-order chi connectivity index (χ0) is 15.5. The van der Waals surface area contributed by atoms with E-state index in [-0.39, 0.29) is 4.90 Å². The van der Waals surface area contributed by atoms with Crippen LogP contribution in [0.25, 0.3) is 0 Å². The zero-order valence-corrected chi connectivity index (χ0v) is 14.0. The van der Waals surface area contributed by atoms with Crippen molar-refractivity contribution in [3.63, 3.8) is 0 Å². The molecule has 3 nitrogen and oxygen atoms in total. The van der Waals surface area contributed by atoms with Crippen molar-refractivity contribution in [3.8, 4) is 0 Å². The minimum absolute atomic E-state index is 0.194. The fourth-order valence-corrected chi connectivity index (χ4v) is 3.95. The van der Waals surface area contributed by atoms with Gasteiger partial charge in [0.1, 0.15) is 0 Å². The van der Waals surface area contributed by atoms with E-state index in [2.05, 4.69) is 13.8 Å². The number of sulfonamides is 1. The minimum atomic E-state index is -3.57. The van der Waals surface area contributed by atoms with Gasteiger partial charge in [0.2, 0.25) is 10.0 Å². The number of hydrogen-bond acceptors (Lipinski definition) is 2. The Morgan fingerprint density at radius 2 is 1.86 bits per heavy atom. The number of unbranched alkanes of at least 4 members (excludes halogenated alkanes) is 1. The van der Waals surface area contributed by atoms with E-state index in [0.717, 1.165) is 12.3 Å². The molecule has 1 aliphatic carbocycles. The molecule has 0 heterocycles. The van der Waals surface area contributed by atoms with Crippen LogP contribution in [-0.2, 0) is 16.4 Å². The maximum atomic E-state index is 11.2. The van der Waals surface area contributed by atoms with Gasteiger partial charge < -0.3 is 0 Å². The average molecular weight is 309 g/mol. The molecule has 1 unspecified atom stereocenters. The molecular weight excluding hydrogens is 282 g/mol. The first-order chi connectivity index (χ1) is 9.76. The van der Waals surface area contributed by atoms with E-state index < -0.39 is 10.0 Å².